The lowest BCUT2D eigenvalue weighted by molar-refractivity contribution is -0.151. The summed E-state index contributed by atoms with van der Waals surface area (Å²) >= 11 is 0. The van der Waals surface area contributed by atoms with Gasteiger partial charge >= 0.3 is 5.97 Å². The fourth-order valence-corrected chi connectivity index (χ4v) is 2.86. The van der Waals surface area contributed by atoms with Crippen LogP contribution < -0.4 is 0 Å². The van der Waals surface area contributed by atoms with Crippen LogP contribution in [0.1, 0.15) is 43.0 Å². The van der Waals surface area contributed by atoms with E-state index in [1.54, 1.807) is 17.9 Å². The Morgan fingerprint density at radius 3 is 2.71 bits per heavy atom. The van der Waals surface area contributed by atoms with Crippen molar-refractivity contribution in [3.8, 4) is 0 Å². The number of hydrogen-bond donors (Lipinski definition) is 0. The molecule has 1 saturated heterocycles. The maximum atomic E-state index is 13.6. The normalized spacial score (nSPS) is 17.4. The molecule has 0 aliphatic carbocycles. The van der Waals surface area contributed by atoms with E-state index in [0.717, 1.165) is 6.42 Å². The summed E-state index contributed by atoms with van der Waals surface area (Å²) in [6, 6.07) is 5.75. The molecule has 1 aliphatic heterocycles. The van der Waals surface area contributed by atoms with Gasteiger partial charge in [0.05, 0.1) is 18.1 Å². The predicted molar refractivity (Wildman–Crippen MR) is 85.9 cm³/mol. The molecular formula is C18H22FNO4. The summed E-state index contributed by atoms with van der Waals surface area (Å²) in [6.45, 7) is 2.96. The number of esters is 1. The molecule has 5 nitrogen and oxygen atoms in total. The van der Waals surface area contributed by atoms with Gasteiger partial charge < -0.3 is 9.64 Å². The molecule has 1 aromatic carbocycles. The third-order valence-electron chi connectivity index (χ3n) is 4.13. The maximum Gasteiger partial charge on any atom is 0.310 e. The molecular weight excluding hydrogens is 313 g/mol. The van der Waals surface area contributed by atoms with Gasteiger partial charge in [-0.15, -0.1) is 0 Å². The fraction of sp³-hybridized carbons (Fsp3) is 0.500. The molecule has 1 aromatic rings. The first-order valence-electron chi connectivity index (χ1n) is 8.25. The van der Waals surface area contributed by atoms with Gasteiger partial charge in [0.15, 0.2) is 5.78 Å². The van der Waals surface area contributed by atoms with E-state index in [0.29, 0.717) is 26.1 Å². The number of piperidine rings is 1. The van der Waals surface area contributed by atoms with E-state index < -0.39 is 5.82 Å². The SMILES string of the molecule is CCOC(=O)C1CCCN(C(=O)CCC(=O)c2ccccc2F)C1. The van der Waals surface area contributed by atoms with Crippen molar-refractivity contribution >= 4 is 17.7 Å². The van der Waals surface area contributed by atoms with Gasteiger partial charge in [-0.25, -0.2) is 4.39 Å². The van der Waals surface area contributed by atoms with Crippen molar-refractivity contribution in [1.82, 2.24) is 4.90 Å². The van der Waals surface area contributed by atoms with E-state index in [9.17, 15) is 18.8 Å². The zero-order valence-electron chi connectivity index (χ0n) is 13.8. The van der Waals surface area contributed by atoms with Gasteiger partial charge in [0.2, 0.25) is 5.91 Å². The lowest BCUT2D eigenvalue weighted by Gasteiger charge is -2.31. The monoisotopic (exact) mass is 335 g/mol. The molecule has 0 spiro atoms. The smallest absolute Gasteiger partial charge is 0.310 e. The number of carbonyl (C=O) groups is 3. The van der Waals surface area contributed by atoms with Crippen LogP contribution in [-0.2, 0) is 14.3 Å². The van der Waals surface area contributed by atoms with Gasteiger partial charge in [-0.1, -0.05) is 12.1 Å². The molecule has 1 amide bonds. The molecule has 130 valence electrons. The summed E-state index contributed by atoms with van der Waals surface area (Å²) in [5.74, 6) is -1.73. The zero-order chi connectivity index (χ0) is 17.5. The average molecular weight is 335 g/mol. The summed E-state index contributed by atoms with van der Waals surface area (Å²) in [4.78, 5) is 37.7. The molecule has 0 aromatic heterocycles. The Hall–Kier alpha value is -2.24. The molecule has 0 radical (unpaired) electrons. The minimum Gasteiger partial charge on any atom is -0.466 e. The van der Waals surface area contributed by atoms with Gasteiger partial charge in [-0.3, -0.25) is 14.4 Å². The molecule has 2 rings (SSSR count). The molecule has 1 unspecified atom stereocenters. The number of carbonyl (C=O) groups excluding carboxylic acids is 3. The van der Waals surface area contributed by atoms with E-state index in [-0.39, 0.29) is 42.0 Å². The topological polar surface area (TPSA) is 63.7 Å². The second-order valence-electron chi connectivity index (χ2n) is 5.83. The van der Waals surface area contributed by atoms with Gasteiger partial charge in [0.25, 0.3) is 0 Å². The zero-order valence-corrected chi connectivity index (χ0v) is 13.8. The highest BCUT2D eigenvalue weighted by molar-refractivity contribution is 5.98. The van der Waals surface area contributed by atoms with Gasteiger partial charge in [-0.05, 0) is 31.9 Å². The summed E-state index contributed by atoms with van der Waals surface area (Å²) < 4.78 is 18.6. The maximum absolute atomic E-state index is 13.6. The number of ether oxygens (including phenoxy) is 1. The number of hydrogen-bond acceptors (Lipinski definition) is 4. The highest BCUT2D eigenvalue weighted by atomic mass is 19.1. The lowest BCUT2D eigenvalue weighted by Crippen LogP contribution is -2.42. The molecule has 0 N–H and O–H groups in total. The molecule has 0 bridgehead atoms. The third-order valence-corrected chi connectivity index (χ3v) is 4.13. The first-order valence-corrected chi connectivity index (χ1v) is 8.25. The minimum atomic E-state index is -0.574. The Bertz CT molecular complexity index is 617. The number of Topliss-reactive ketones (excluding diaryl/α,β-unsaturated/α-hetero) is 1. The predicted octanol–water partition coefficient (Wildman–Crippen LogP) is 2.59. The van der Waals surface area contributed by atoms with Crippen molar-refractivity contribution in [2.45, 2.75) is 32.6 Å². The van der Waals surface area contributed by atoms with Crippen LogP contribution in [0.15, 0.2) is 24.3 Å². The van der Waals surface area contributed by atoms with Crippen LogP contribution in [0.5, 0.6) is 0 Å². The van der Waals surface area contributed by atoms with E-state index in [4.69, 9.17) is 4.74 Å². The van der Waals surface area contributed by atoms with E-state index in [1.807, 2.05) is 0 Å². The highest BCUT2D eigenvalue weighted by Gasteiger charge is 2.29. The van der Waals surface area contributed by atoms with E-state index >= 15 is 0 Å². The van der Waals surface area contributed by atoms with Crippen molar-refractivity contribution in [3.63, 3.8) is 0 Å². The number of ketones is 1. The summed E-state index contributed by atoms with van der Waals surface area (Å²) in [5, 5.41) is 0. The number of halogens is 1. The molecule has 1 fully saturated rings. The van der Waals surface area contributed by atoms with Crippen molar-refractivity contribution in [2.75, 3.05) is 19.7 Å². The molecule has 1 atom stereocenters. The minimum absolute atomic E-state index is 0.00773. The number of rotatable bonds is 6. The van der Waals surface area contributed by atoms with Crippen molar-refractivity contribution < 1.29 is 23.5 Å². The lowest BCUT2D eigenvalue weighted by atomic mass is 9.97. The number of amides is 1. The highest BCUT2D eigenvalue weighted by Crippen LogP contribution is 2.19. The Morgan fingerprint density at radius 2 is 2.00 bits per heavy atom. The third kappa shape index (κ3) is 4.63. The first-order chi connectivity index (χ1) is 11.5. The van der Waals surface area contributed by atoms with Crippen LogP contribution in [0.25, 0.3) is 0 Å². The van der Waals surface area contributed by atoms with Crippen LogP contribution in [-0.4, -0.2) is 42.3 Å². The van der Waals surface area contributed by atoms with Gasteiger partial charge in [0, 0.05) is 25.9 Å². The second kappa shape index (κ2) is 8.57. The average Bonchev–Trinajstić information content (AvgIpc) is 2.60. The largest absolute Gasteiger partial charge is 0.466 e. The van der Waals surface area contributed by atoms with Crippen LogP contribution in [0, 0.1) is 11.7 Å². The van der Waals surface area contributed by atoms with E-state index in [1.165, 1.54) is 18.2 Å². The van der Waals surface area contributed by atoms with Gasteiger partial charge in [0.1, 0.15) is 5.82 Å². The Kier molecular flexibility index (Phi) is 6.46. The van der Waals surface area contributed by atoms with Crippen LogP contribution in [0.4, 0.5) is 4.39 Å². The summed E-state index contributed by atoms with van der Waals surface area (Å²) in [5.41, 5.74) is 0.00773. The molecule has 1 aliphatic rings. The Morgan fingerprint density at radius 1 is 1.25 bits per heavy atom. The Labute approximate surface area is 140 Å². The number of likely N-dealkylation sites (tertiary alicyclic amines) is 1. The Balaban J connectivity index is 1.87. The quantitative estimate of drug-likeness (QED) is 0.592. The summed E-state index contributed by atoms with van der Waals surface area (Å²) in [6.07, 6.45) is 1.41. The van der Waals surface area contributed by atoms with Gasteiger partial charge in [-0.2, -0.15) is 0 Å². The van der Waals surface area contributed by atoms with Crippen LogP contribution in [0.2, 0.25) is 0 Å². The van der Waals surface area contributed by atoms with Crippen molar-refractivity contribution in [2.24, 2.45) is 5.92 Å². The second-order valence-corrected chi connectivity index (χ2v) is 5.83. The first kappa shape index (κ1) is 18.1. The standard InChI is InChI=1S/C18H22FNO4/c1-2-24-18(23)13-6-5-11-20(12-13)17(22)10-9-16(21)14-7-3-4-8-15(14)19/h3-4,7-8,13H,2,5-6,9-12H2,1H3. The molecule has 1 heterocycles. The van der Waals surface area contributed by atoms with Crippen molar-refractivity contribution in [1.29, 1.82) is 0 Å². The van der Waals surface area contributed by atoms with Crippen LogP contribution >= 0.6 is 0 Å². The van der Waals surface area contributed by atoms with E-state index in [2.05, 4.69) is 0 Å². The van der Waals surface area contributed by atoms with Crippen LogP contribution in [0.3, 0.4) is 0 Å². The summed E-state index contributed by atoms with van der Waals surface area (Å²) in [7, 11) is 0. The number of nitrogens with zero attached hydrogens (tertiary/aromatic N) is 1. The van der Waals surface area contributed by atoms with Crippen molar-refractivity contribution in [3.05, 3.63) is 35.6 Å². The molecule has 0 saturated carbocycles. The molecule has 6 heteroatoms. The molecule has 24 heavy (non-hydrogen) atoms. The fourth-order valence-electron chi connectivity index (χ4n) is 2.86. The number of benzene rings is 1.